The number of hydrogen-bond donors (Lipinski definition) is 0. The predicted octanol–water partition coefficient (Wildman–Crippen LogP) is 5.37. The van der Waals surface area contributed by atoms with Gasteiger partial charge in [0.1, 0.15) is 5.82 Å². The zero-order valence-electron chi connectivity index (χ0n) is 12.1. The Morgan fingerprint density at radius 2 is 1.79 bits per heavy atom. The second-order valence-corrected chi connectivity index (χ2v) is 6.89. The normalized spacial score (nSPS) is 16.3. The van der Waals surface area contributed by atoms with Crippen molar-refractivity contribution in [2.45, 2.75) is 6.54 Å². The van der Waals surface area contributed by atoms with Crippen LogP contribution >= 0.6 is 35.0 Å². The molecule has 3 nitrogen and oxygen atoms in total. The highest BCUT2D eigenvalue weighted by molar-refractivity contribution is 8.18. The third-order valence-electron chi connectivity index (χ3n) is 3.38. The average Bonchev–Trinajstić information content (AvgIpc) is 2.79. The summed E-state index contributed by atoms with van der Waals surface area (Å²) in [6.07, 6.45) is 1.56. The molecule has 0 aliphatic carbocycles. The van der Waals surface area contributed by atoms with Gasteiger partial charge in [0, 0.05) is 10.0 Å². The molecule has 0 radical (unpaired) electrons. The van der Waals surface area contributed by atoms with E-state index >= 15 is 0 Å². The molecule has 2 amide bonds. The molecule has 24 heavy (non-hydrogen) atoms. The Hall–Kier alpha value is -1.82. The molecule has 7 heteroatoms. The van der Waals surface area contributed by atoms with E-state index in [0.717, 1.165) is 16.7 Å². The molecule has 122 valence electrons. The van der Waals surface area contributed by atoms with Gasteiger partial charge in [0.2, 0.25) is 0 Å². The van der Waals surface area contributed by atoms with Crippen LogP contribution in [0.3, 0.4) is 0 Å². The van der Waals surface area contributed by atoms with E-state index in [9.17, 15) is 14.0 Å². The standard InChI is InChI=1S/C17H10Cl2FNO2S/c18-12-4-3-11(14(19)8-12)9-21-16(22)15(24-17(21)23)7-10-1-5-13(20)6-2-10/h1-8H,9H2/b15-7+. The van der Waals surface area contributed by atoms with Crippen molar-refractivity contribution in [3.8, 4) is 0 Å². The lowest BCUT2D eigenvalue weighted by molar-refractivity contribution is -0.123. The van der Waals surface area contributed by atoms with Crippen LogP contribution in [-0.2, 0) is 11.3 Å². The lowest BCUT2D eigenvalue weighted by atomic mass is 10.2. The summed E-state index contributed by atoms with van der Waals surface area (Å²) in [5.74, 6) is -0.766. The molecule has 3 rings (SSSR count). The third kappa shape index (κ3) is 3.64. The second-order valence-electron chi connectivity index (χ2n) is 5.06. The molecule has 0 N–H and O–H groups in total. The highest BCUT2D eigenvalue weighted by Crippen LogP contribution is 2.34. The molecule has 0 unspecified atom stereocenters. The van der Waals surface area contributed by atoms with Crippen molar-refractivity contribution < 1.29 is 14.0 Å². The number of imide groups is 1. The fraction of sp³-hybridized carbons (Fsp3) is 0.0588. The van der Waals surface area contributed by atoms with Crippen LogP contribution in [0.4, 0.5) is 9.18 Å². The van der Waals surface area contributed by atoms with E-state index < -0.39 is 5.91 Å². The Bertz CT molecular complexity index is 852. The van der Waals surface area contributed by atoms with Gasteiger partial charge in [-0.05, 0) is 53.2 Å². The summed E-state index contributed by atoms with van der Waals surface area (Å²) in [5, 5.41) is 0.498. The highest BCUT2D eigenvalue weighted by atomic mass is 35.5. The fourth-order valence-corrected chi connectivity index (χ4v) is 3.47. The Balaban J connectivity index is 1.82. The topological polar surface area (TPSA) is 37.4 Å². The summed E-state index contributed by atoms with van der Waals surface area (Å²) in [4.78, 5) is 26.0. The molecule has 1 aliphatic rings. The van der Waals surface area contributed by atoms with E-state index in [4.69, 9.17) is 23.2 Å². The smallest absolute Gasteiger partial charge is 0.268 e. The minimum absolute atomic E-state index is 0.0709. The van der Waals surface area contributed by atoms with Crippen LogP contribution in [0.25, 0.3) is 6.08 Å². The largest absolute Gasteiger partial charge is 0.293 e. The van der Waals surface area contributed by atoms with Gasteiger partial charge in [0.15, 0.2) is 0 Å². The number of benzene rings is 2. The number of nitrogens with zero attached hydrogens (tertiary/aromatic N) is 1. The highest BCUT2D eigenvalue weighted by Gasteiger charge is 2.35. The first-order valence-electron chi connectivity index (χ1n) is 6.89. The van der Waals surface area contributed by atoms with Crippen LogP contribution < -0.4 is 0 Å². The fourth-order valence-electron chi connectivity index (χ4n) is 2.17. The molecule has 2 aromatic carbocycles. The van der Waals surface area contributed by atoms with E-state index in [2.05, 4.69) is 0 Å². The average molecular weight is 382 g/mol. The van der Waals surface area contributed by atoms with Crippen LogP contribution in [0.1, 0.15) is 11.1 Å². The van der Waals surface area contributed by atoms with Gasteiger partial charge >= 0.3 is 0 Å². The molecular formula is C17H10Cl2FNO2S. The number of rotatable bonds is 3. The molecule has 1 fully saturated rings. The Labute approximate surface area is 152 Å². The summed E-state index contributed by atoms with van der Waals surface area (Å²) in [6, 6.07) is 10.6. The first-order chi connectivity index (χ1) is 11.4. The van der Waals surface area contributed by atoms with Gasteiger partial charge in [-0.1, -0.05) is 41.4 Å². The van der Waals surface area contributed by atoms with Gasteiger partial charge < -0.3 is 0 Å². The van der Waals surface area contributed by atoms with E-state index in [1.54, 1.807) is 36.4 Å². The van der Waals surface area contributed by atoms with Gasteiger partial charge in [-0.15, -0.1) is 0 Å². The molecule has 1 heterocycles. The van der Waals surface area contributed by atoms with E-state index in [1.807, 2.05) is 0 Å². The zero-order valence-corrected chi connectivity index (χ0v) is 14.5. The molecule has 1 aliphatic heterocycles. The maximum atomic E-state index is 12.9. The number of carbonyl (C=O) groups excluding carboxylic acids is 2. The van der Waals surface area contributed by atoms with Crippen molar-refractivity contribution in [1.82, 2.24) is 4.90 Å². The minimum Gasteiger partial charge on any atom is -0.268 e. The number of amides is 2. The minimum atomic E-state index is -0.402. The molecule has 0 spiro atoms. The maximum absolute atomic E-state index is 12.9. The van der Waals surface area contributed by atoms with Gasteiger partial charge in [0.05, 0.1) is 11.4 Å². The lowest BCUT2D eigenvalue weighted by Gasteiger charge is -2.13. The third-order valence-corrected chi connectivity index (χ3v) is 4.88. The van der Waals surface area contributed by atoms with E-state index in [0.29, 0.717) is 21.2 Å². The van der Waals surface area contributed by atoms with Crippen LogP contribution in [0, 0.1) is 5.82 Å². The van der Waals surface area contributed by atoms with Crippen LogP contribution in [0.5, 0.6) is 0 Å². The first kappa shape index (κ1) is 17.0. The van der Waals surface area contributed by atoms with Crippen molar-refractivity contribution in [1.29, 1.82) is 0 Å². The Kier molecular flexibility index (Phi) is 4.94. The van der Waals surface area contributed by atoms with Crippen molar-refractivity contribution >= 4 is 52.2 Å². The summed E-state index contributed by atoms with van der Waals surface area (Å²) in [7, 11) is 0. The first-order valence-corrected chi connectivity index (χ1v) is 8.46. The molecular weight excluding hydrogens is 372 g/mol. The number of halogens is 3. The van der Waals surface area contributed by atoms with Crippen molar-refractivity contribution in [3.63, 3.8) is 0 Å². The van der Waals surface area contributed by atoms with Crippen molar-refractivity contribution in [2.75, 3.05) is 0 Å². The summed E-state index contributed by atoms with van der Waals surface area (Å²) < 4.78 is 12.9. The SMILES string of the molecule is O=C1S/C(=C/c2ccc(F)cc2)C(=O)N1Cc1ccc(Cl)cc1Cl. The summed E-state index contributed by atoms with van der Waals surface area (Å²) in [6.45, 7) is 0.0709. The van der Waals surface area contributed by atoms with Gasteiger partial charge in [0.25, 0.3) is 11.1 Å². The van der Waals surface area contributed by atoms with E-state index in [1.165, 1.54) is 12.1 Å². The van der Waals surface area contributed by atoms with Crippen molar-refractivity contribution in [3.05, 3.63) is 74.4 Å². The van der Waals surface area contributed by atoms with Gasteiger partial charge in [-0.3, -0.25) is 14.5 Å². The van der Waals surface area contributed by atoms with E-state index in [-0.39, 0.29) is 22.5 Å². The predicted molar refractivity (Wildman–Crippen MR) is 94.4 cm³/mol. The molecule has 0 bridgehead atoms. The van der Waals surface area contributed by atoms with Crippen LogP contribution in [-0.4, -0.2) is 16.0 Å². The van der Waals surface area contributed by atoms with Gasteiger partial charge in [-0.2, -0.15) is 0 Å². The monoisotopic (exact) mass is 381 g/mol. The van der Waals surface area contributed by atoms with Crippen LogP contribution in [0.2, 0.25) is 10.0 Å². The number of thioether (sulfide) groups is 1. The second kappa shape index (κ2) is 6.97. The quantitative estimate of drug-likeness (QED) is 0.670. The molecule has 0 atom stereocenters. The molecule has 1 saturated heterocycles. The molecule has 0 saturated carbocycles. The van der Waals surface area contributed by atoms with Gasteiger partial charge in [-0.25, -0.2) is 4.39 Å². The number of carbonyl (C=O) groups is 2. The maximum Gasteiger partial charge on any atom is 0.293 e. The Morgan fingerprint density at radius 3 is 2.46 bits per heavy atom. The van der Waals surface area contributed by atoms with Crippen molar-refractivity contribution in [2.24, 2.45) is 0 Å². The van der Waals surface area contributed by atoms with Crippen LogP contribution in [0.15, 0.2) is 47.4 Å². The zero-order chi connectivity index (χ0) is 17.3. The summed E-state index contributed by atoms with van der Waals surface area (Å²) in [5.41, 5.74) is 1.28. The molecule has 2 aromatic rings. The lowest BCUT2D eigenvalue weighted by Crippen LogP contribution is -2.27. The number of hydrogen-bond acceptors (Lipinski definition) is 3. The summed E-state index contributed by atoms with van der Waals surface area (Å²) >= 11 is 12.8. The Morgan fingerprint density at radius 1 is 1.08 bits per heavy atom. The molecule has 0 aromatic heterocycles.